The summed E-state index contributed by atoms with van der Waals surface area (Å²) in [6, 6.07) is 12.8. The monoisotopic (exact) mass is 184 g/mol. The summed E-state index contributed by atoms with van der Waals surface area (Å²) in [5, 5.41) is 3.41. The largest absolute Gasteiger partial charge is 0.378 e. The molecule has 3 rings (SSSR count). The number of benzene rings is 1. The Balaban J connectivity index is 2.32. The standard InChI is InChI=1S/C12H12N2/c1-9-6-7-10-8-13-11-4-2-3-5-12(11)14(9)10/h2-7,13H,8H2,1H3. The van der Waals surface area contributed by atoms with E-state index < -0.39 is 0 Å². The van der Waals surface area contributed by atoms with Crippen molar-refractivity contribution in [1.82, 2.24) is 4.57 Å². The van der Waals surface area contributed by atoms with E-state index in [4.69, 9.17) is 0 Å². The Labute approximate surface area is 83.2 Å². The summed E-state index contributed by atoms with van der Waals surface area (Å²) in [7, 11) is 0. The van der Waals surface area contributed by atoms with Gasteiger partial charge >= 0.3 is 0 Å². The van der Waals surface area contributed by atoms with Crippen molar-refractivity contribution >= 4 is 5.69 Å². The van der Waals surface area contributed by atoms with Crippen molar-refractivity contribution in [2.45, 2.75) is 13.5 Å². The second-order valence-electron chi connectivity index (χ2n) is 3.67. The van der Waals surface area contributed by atoms with Crippen molar-refractivity contribution < 1.29 is 0 Å². The maximum absolute atomic E-state index is 3.41. The van der Waals surface area contributed by atoms with Gasteiger partial charge in [-0.25, -0.2) is 0 Å². The van der Waals surface area contributed by atoms with Crippen LogP contribution in [0, 0.1) is 6.92 Å². The summed E-state index contributed by atoms with van der Waals surface area (Å²) >= 11 is 0. The van der Waals surface area contributed by atoms with E-state index in [1.165, 1.54) is 22.8 Å². The predicted octanol–water partition coefficient (Wildman–Crippen LogP) is 2.71. The minimum atomic E-state index is 0.921. The van der Waals surface area contributed by atoms with Gasteiger partial charge in [-0.1, -0.05) is 12.1 Å². The molecule has 2 heterocycles. The van der Waals surface area contributed by atoms with E-state index in [1.807, 2.05) is 0 Å². The highest BCUT2D eigenvalue weighted by atomic mass is 15.1. The van der Waals surface area contributed by atoms with Gasteiger partial charge < -0.3 is 9.88 Å². The van der Waals surface area contributed by atoms with Crippen molar-refractivity contribution in [3.05, 3.63) is 47.8 Å². The molecule has 1 aromatic carbocycles. The third kappa shape index (κ3) is 0.909. The number of hydrogen-bond acceptors (Lipinski definition) is 1. The zero-order valence-corrected chi connectivity index (χ0v) is 8.12. The number of nitrogens with one attached hydrogen (secondary N) is 1. The number of rotatable bonds is 0. The minimum Gasteiger partial charge on any atom is -0.378 e. The number of aryl methyl sites for hydroxylation is 1. The third-order valence-electron chi connectivity index (χ3n) is 2.76. The van der Waals surface area contributed by atoms with Gasteiger partial charge in [-0.2, -0.15) is 0 Å². The normalized spacial score (nSPS) is 12.9. The van der Waals surface area contributed by atoms with Gasteiger partial charge in [0, 0.05) is 11.4 Å². The van der Waals surface area contributed by atoms with Gasteiger partial charge in [0.25, 0.3) is 0 Å². The highest BCUT2D eigenvalue weighted by Crippen LogP contribution is 2.28. The molecule has 0 unspecified atom stereocenters. The van der Waals surface area contributed by atoms with Crippen LogP contribution >= 0.6 is 0 Å². The first-order chi connectivity index (χ1) is 6.86. The van der Waals surface area contributed by atoms with Crippen LogP contribution in [0.2, 0.25) is 0 Å². The number of nitrogens with zero attached hydrogens (tertiary/aromatic N) is 1. The molecule has 1 aliphatic heterocycles. The summed E-state index contributed by atoms with van der Waals surface area (Å²) in [5.41, 5.74) is 5.12. The lowest BCUT2D eigenvalue weighted by molar-refractivity contribution is 0.881. The van der Waals surface area contributed by atoms with Crippen LogP contribution in [0.5, 0.6) is 0 Å². The Hall–Kier alpha value is -1.70. The zero-order chi connectivity index (χ0) is 9.54. The molecule has 1 aliphatic rings. The Morgan fingerprint density at radius 2 is 2.00 bits per heavy atom. The Bertz CT molecular complexity index is 483. The molecule has 1 aromatic heterocycles. The number of hydrogen-bond donors (Lipinski definition) is 1. The second kappa shape index (κ2) is 2.64. The van der Waals surface area contributed by atoms with Crippen LogP contribution in [0.1, 0.15) is 11.4 Å². The first-order valence-corrected chi connectivity index (χ1v) is 4.87. The number of anilines is 1. The molecule has 1 N–H and O–H groups in total. The van der Waals surface area contributed by atoms with Crippen molar-refractivity contribution in [2.75, 3.05) is 5.32 Å². The molecule has 2 nitrogen and oxygen atoms in total. The Kier molecular flexibility index (Phi) is 1.45. The van der Waals surface area contributed by atoms with Gasteiger partial charge in [-0.05, 0) is 31.2 Å². The van der Waals surface area contributed by atoms with Crippen molar-refractivity contribution in [3.8, 4) is 5.69 Å². The average Bonchev–Trinajstić information content (AvgIpc) is 2.61. The average molecular weight is 184 g/mol. The van der Waals surface area contributed by atoms with E-state index in [9.17, 15) is 0 Å². The van der Waals surface area contributed by atoms with E-state index >= 15 is 0 Å². The lowest BCUT2D eigenvalue weighted by atomic mass is 10.2. The van der Waals surface area contributed by atoms with Gasteiger partial charge in [-0.15, -0.1) is 0 Å². The Morgan fingerprint density at radius 3 is 2.93 bits per heavy atom. The molecule has 14 heavy (non-hydrogen) atoms. The van der Waals surface area contributed by atoms with Crippen molar-refractivity contribution in [3.63, 3.8) is 0 Å². The van der Waals surface area contributed by atoms with Crippen molar-refractivity contribution in [2.24, 2.45) is 0 Å². The van der Waals surface area contributed by atoms with Crippen LogP contribution in [0.25, 0.3) is 5.69 Å². The number of para-hydroxylation sites is 2. The van der Waals surface area contributed by atoms with Gasteiger partial charge in [-0.3, -0.25) is 0 Å². The van der Waals surface area contributed by atoms with Crippen LogP contribution in [-0.4, -0.2) is 4.57 Å². The molecule has 0 bridgehead atoms. The van der Waals surface area contributed by atoms with E-state index in [-0.39, 0.29) is 0 Å². The highest BCUT2D eigenvalue weighted by molar-refractivity contribution is 5.64. The van der Waals surface area contributed by atoms with E-state index in [2.05, 4.69) is 53.2 Å². The quantitative estimate of drug-likeness (QED) is 0.666. The van der Waals surface area contributed by atoms with Gasteiger partial charge in [0.15, 0.2) is 0 Å². The minimum absolute atomic E-state index is 0.921. The molecule has 2 aromatic rings. The molecular formula is C12H12N2. The molecule has 0 saturated carbocycles. The summed E-state index contributed by atoms with van der Waals surface area (Å²) in [6.07, 6.45) is 0. The predicted molar refractivity (Wildman–Crippen MR) is 57.8 cm³/mol. The second-order valence-corrected chi connectivity index (χ2v) is 3.67. The fourth-order valence-electron chi connectivity index (χ4n) is 2.08. The molecule has 0 aliphatic carbocycles. The number of fused-ring (bicyclic) bond motifs is 3. The fourth-order valence-corrected chi connectivity index (χ4v) is 2.08. The molecule has 0 amide bonds. The molecule has 2 heteroatoms. The molecular weight excluding hydrogens is 172 g/mol. The maximum Gasteiger partial charge on any atom is 0.0688 e. The molecule has 0 saturated heterocycles. The first kappa shape index (κ1) is 7.68. The van der Waals surface area contributed by atoms with Crippen LogP contribution < -0.4 is 5.32 Å². The maximum atomic E-state index is 3.41. The van der Waals surface area contributed by atoms with Crippen molar-refractivity contribution in [1.29, 1.82) is 0 Å². The smallest absolute Gasteiger partial charge is 0.0688 e. The van der Waals surface area contributed by atoms with Crippen LogP contribution in [-0.2, 0) is 6.54 Å². The zero-order valence-electron chi connectivity index (χ0n) is 8.12. The molecule has 0 radical (unpaired) electrons. The molecule has 0 spiro atoms. The topological polar surface area (TPSA) is 17.0 Å². The fraction of sp³-hybridized carbons (Fsp3) is 0.167. The summed E-state index contributed by atoms with van der Waals surface area (Å²) in [4.78, 5) is 0. The molecule has 70 valence electrons. The van der Waals surface area contributed by atoms with Crippen LogP contribution in [0.15, 0.2) is 36.4 Å². The van der Waals surface area contributed by atoms with Crippen LogP contribution in [0.4, 0.5) is 5.69 Å². The highest BCUT2D eigenvalue weighted by Gasteiger charge is 2.14. The SMILES string of the molecule is Cc1ccc2n1-c1ccccc1NC2. The lowest BCUT2D eigenvalue weighted by Crippen LogP contribution is -2.15. The summed E-state index contributed by atoms with van der Waals surface area (Å²) < 4.78 is 2.31. The third-order valence-corrected chi connectivity index (χ3v) is 2.76. The Morgan fingerprint density at radius 1 is 1.14 bits per heavy atom. The van der Waals surface area contributed by atoms with Crippen LogP contribution in [0.3, 0.4) is 0 Å². The lowest BCUT2D eigenvalue weighted by Gasteiger charge is -2.22. The van der Waals surface area contributed by atoms with E-state index in [0.29, 0.717) is 0 Å². The van der Waals surface area contributed by atoms with Gasteiger partial charge in [0.2, 0.25) is 0 Å². The van der Waals surface area contributed by atoms with E-state index in [0.717, 1.165) is 6.54 Å². The molecule has 0 atom stereocenters. The van der Waals surface area contributed by atoms with Gasteiger partial charge in [0.05, 0.1) is 17.9 Å². The molecule has 0 fully saturated rings. The van der Waals surface area contributed by atoms with Gasteiger partial charge in [0.1, 0.15) is 0 Å². The summed E-state index contributed by atoms with van der Waals surface area (Å²) in [5.74, 6) is 0. The first-order valence-electron chi connectivity index (χ1n) is 4.87. The van der Waals surface area contributed by atoms with E-state index in [1.54, 1.807) is 0 Å². The summed E-state index contributed by atoms with van der Waals surface area (Å²) in [6.45, 7) is 3.07. The number of aromatic nitrogens is 1.